The number of ether oxygens (including phenoxy) is 1. The molecule has 1 heterocycles. The summed E-state index contributed by atoms with van der Waals surface area (Å²) in [6.07, 6.45) is 2.91. The number of amides is 1. The maximum atomic E-state index is 13.0. The Balaban J connectivity index is 1.59. The number of nitrogens with zero attached hydrogens (tertiary/aromatic N) is 1. The quantitative estimate of drug-likeness (QED) is 0.361. The molecule has 1 saturated heterocycles. The van der Waals surface area contributed by atoms with Gasteiger partial charge in [0.05, 0.1) is 23.8 Å². The summed E-state index contributed by atoms with van der Waals surface area (Å²) in [5.41, 5.74) is 1.40. The lowest BCUT2D eigenvalue weighted by atomic mass is 9.98. The average Bonchev–Trinajstić information content (AvgIpc) is 2.81. The fourth-order valence-electron chi connectivity index (χ4n) is 3.66. The third-order valence-electron chi connectivity index (χ3n) is 5.62. The Kier molecular flexibility index (Phi) is 9.36. The normalized spacial score (nSPS) is 16.7. The second-order valence-corrected chi connectivity index (χ2v) is 11.1. The smallest absolute Gasteiger partial charge is 0.338 e. The highest BCUT2D eigenvalue weighted by molar-refractivity contribution is 7.88. The van der Waals surface area contributed by atoms with Gasteiger partial charge >= 0.3 is 5.97 Å². The summed E-state index contributed by atoms with van der Waals surface area (Å²) in [6, 6.07) is 11.2. The molecule has 34 heavy (non-hydrogen) atoms. The Bertz CT molecular complexity index is 1120. The number of anilines is 1. The zero-order valence-corrected chi connectivity index (χ0v) is 21.3. The van der Waals surface area contributed by atoms with Gasteiger partial charge in [0, 0.05) is 28.8 Å². The van der Waals surface area contributed by atoms with Crippen LogP contribution in [0.5, 0.6) is 0 Å². The Morgan fingerprint density at radius 2 is 1.88 bits per heavy atom. The minimum absolute atomic E-state index is 0.0984. The first-order valence-corrected chi connectivity index (χ1v) is 13.6. The molecule has 0 aromatic heterocycles. The highest BCUT2D eigenvalue weighted by atomic mass is 35.5. The van der Waals surface area contributed by atoms with Crippen molar-refractivity contribution in [3.05, 3.63) is 63.6 Å². The van der Waals surface area contributed by atoms with Gasteiger partial charge in [0.1, 0.15) is 0 Å². The van der Waals surface area contributed by atoms with Crippen LogP contribution in [0.3, 0.4) is 0 Å². The van der Waals surface area contributed by atoms with E-state index in [1.807, 2.05) is 6.92 Å². The molecule has 1 atom stereocenters. The van der Waals surface area contributed by atoms with E-state index in [2.05, 4.69) is 5.32 Å². The molecule has 2 aromatic carbocycles. The van der Waals surface area contributed by atoms with Crippen molar-refractivity contribution >= 4 is 50.8 Å². The fourth-order valence-corrected chi connectivity index (χ4v) is 5.86. The largest absolute Gasteiger partial charge is 0.462 e. The average molecular weight is 527 g/mol. The SMILES string of the molecule is CCCCOC(=O)c1ccc(NC(=O)C2CCCN(S(=O)(=O)Cc3ccc(Cl)cc3Cl)C2)cc1. The first-order valence-electron chi connectivity index (χ1n) is 11.2. The van der Waals surface area contributed by atoms with E-state index in [0.29, 0.717) is 52.9 Å². The molecule has 0 aliphatic carbocycles. The first kappa shape index (κ1) is 26.5. The lowest BCUT2D eigenvalue weighted by molar-refractivity contribution is -0.120. The summed E-state index contributed by atoms with van der Waals surface area (Å²) in [6.45, 7) is 2.84. The van der Waals surface area contributed by atoms with Crippen molar-refractivity contribution in [3.63, 3.8) is 0 Å². The summed E-state index contributed by atoms with van der Waals surface area (Å²) < 4.78 is 32.5. The number of nitrogens with one attached hydrogen (secondary N) is 1. The highest BCUT2D eigenvalue weighted by Gasteiger charge is 2.32. The summed E-state index contributed by atoms with van der Waals surface area (Å²) in [4.78, 5) is 24.8. The van der Waals surface area contributed by atoms with Crippen LogP contribution < -0.4 is 5.32 Å². The van der Waals surface area contributed by atoms with Gasteiger partial charge in [-0.1, -0.05) is 42.6 Å². The number of carbonyl (C=O) groups is 2. The van der Waals surface area contributed by atoms with Crippen LogP contribution in [0, 0.1) is 5.92 Å². The van der Waals surface area contributed by atoms with Crippen molar-refractivity contribution in [2.45, 2.75) is 38.4 Å². The van der Waals surface area contributed by atoms with Gasteiger partial charge in [0.2, 0.25) is 15.9 Å². The van der Waals surface area contributed by atoms with Crippen LogP contribution in [0.4, 0.5) is 5.69 Å². The minimum Gasteiger partial charge on any atom is -0.462 e. The summed E-state index contributed by atoms with van der Waals surface area (Å²) in [5.74, 6) is -1.40. The molecule has 0 saturated carbocycles. The van der Waals surface area contributed by atoms with Crippen LogP contribution in [0.1, 0.15) is 48.5 Å². The molecule has 1 aliphatic rings. The van der Waals surface area contributed by atoms with Crippen LogP contribution >= 0.6 is 23.2 Å². The standard InChI is InChI=1S/C24H28Cl2N2O5S/c1-2-3-13-33-24(30)17-7-10-21(11-8-17)27-23(29)18-5-4-12-28(15-18)34(31,32)16-19-6-9-20(25)14-22(19)26/h6-11,14,18H,2-5,12-13,15-16H2,1H3,(H,27,29). The topological polar surface area (TPSA) is 92.8 Å². The van der Waals surface area contributed by atoms with Crippen LogP contribution in [0.15, 0.2) is 42.5 Å². The lowest BCUT2D eigenvalue weighted by Crippen LogP contribution is -2.44. The molecule has 7 nitrogen and oxygen atoms in total. The second kappa shape index (κ2) is 12.0. The van der Waals surface area contributed by atoms with E-state index in [1.54, 1.807) is 36.4 Å². The lowest BCUT2D eigenvalue weighted by Gasteiger charge is -2.31. The third kappa shape index (κ3) is 7.18. The van der Waals surface area contributed by atoms with E-state index in [-0.39, 0.29) is 18.2 Å². The van der Waals surface area contributed by atoms with E-state index in [9.17, 15) is 18.0 Å². The highest BCUT2D eigenvalue weighted by Crippen LogP contribution is 2.27. The number of unbranched alkanes of at least 4 members (excludes halogenated alkanes) is 1. The van der Waals surface area contributed by atoms with Gasteiger partial charge in [-0.05, 0) is 61.2 Å². The number of piperidine rings is 1. The Labute approximate surface area is 210 Å². The van der Waals surface area contributed by atoms with Crippen LogP contribution in [0.25, 0.3) is 0 Å². The van der Waals surface area contributed by atoms with Crippen molar-refractivity contribution in [2.75, 3.05) is 25.0 Å². The van der Waals surface area contributed by atoms with Gasteiger partial charge in [-0.25, -0.2) is 17.5 Å². The number of esters is 1. The Morgan fingerprint density at radius 3 is 2.56 bits per heavy atom. The molecule has 1 amide bonds. The molecule has 1 aliphatic heterocycles. The molecule has 0 spiro atoms. The number of benzene rings is 2. The number of hydrogen-bond donors (Lipinski definition) is 1. The number of carbonyl (C=O) groups excluding carboxylic acids is 2. The molecular weight excluding hydrogens is 499 g/mol. The van der Waals surface area contributed by atoms with Gasteiger partial charge in [-0.15, -0.1) is 0 Å². The molecule has 184 valence electrons. The van der Waals surface area contributed by atoms with E-state index in [0.717, 1.165) is 12.8 Å². The Hall–Kier alpha value is -2.13. The van der Waals surface area contributed by atoms with Gasteiger partial charge < -0.3 is 10.1 Å². The maximum Gasteiger partial charge on any atom is 0.338 e. The molecule has 0 bridgehead atoms. The van der Waals surface area contributed by atoms with E-state index in [1.165, 1.54) is 10.4 Å². The van der Waals surface area contributed by atoms with Crippen LogP contribution in [-0.2, 0) is 25.3 Å². The summed E-state index contributed by atoms with van der Waals surface area (Å²) in [5, 5.41) is 3.54. The van der Waals surface area contributed by atoms with Gasteiger partial charge in [-0.2, -0.15) is 0 Å². The molecule has 3 rings (SSSR count). The number of rotatable bonds is 9. The second-order valence-electron chi connectivity index (χ2n) is 8.25. The maximum absolute atomic E-state index is 13.0. The van der Waals surface area contributed by atoms with Gasteiger partial charge in [0.15, 0.2) is 0 Å². The monoisotopic (exact) mass is 526 g/mol. The van der Waals surface area contributed by atoms with E-state index < -0.39 is 21.9 Å². The molecule has 2 aromatic rings. The van der Waals surface area contributed by atoms with E-state index in [4.69, 9.17) is 27.9 Å². The van der Waals surface area contributed by atoms with Gasteiger partial charge in [-0.3, -0.25) is 4.79 Å². The predicted molar refractivity (Wildman–Crippen MR) is 134 cm³/mol. The molecule has 0 radical (unpaired) electrons. The van der Waals surface area contributed by atoms with Crippen molar-refractivity contribution in [2.24, 2.45) is 5.92 Å². The molecule has 10 heteroatoms. The number of halogens is 2. The molecule has 1 N–H and O–H groups in total. The van der Waals surface area contributed by atoms with Crippen molar-refractivity contribution in [1.82, 2.24) is 4.31 Å². The Morgan fingerprint density at radius 1 is 1.15 bits per heavy atom. The molecule has 1 fully saturated rings. The zero-order valence-electron chi connectivity index (χ0n) is 18.9. The molecule has 1 unspecified atom stereocenters. The summed E-state index contributed by atoms with van der Waals surface area (Å²) in [7, 11) is -3.66. The number of sulfonamides is 1. The third-order valence-corrected chi connectivity index (χ3v) is 8.00. The molecular formula is C24H28Cl2N2O5S. The van der Waals surface area contributed by atoms with Crippen molar-refractivity contribution in [1.29, 1.82) is 0 Å². The summed E-state index contributed by atoms with van der Waals surface area (Å²) >= 11 is 12.0. The minimum atomic E-state index is -3.66. The van der Waals surface area contributed by atoms with Crippen molar-refractivity contribution in [3.8, 4) is 0 Å². The van der Waals surface area contributed by atoms with Crippen LogP contribution in [-0.4, -0.2) is 44.3 Å². The van der Waals surface area contributed by atoms with Crippen LogP contribution in [0.2, 0.25) is 10.0 Å². The zero-order chi connectivity index (χ0) is 24.7. The number of hydrogen-bond acceptors (Lipinski definition) is 5. The fraction of sp³-hybridized carbons (Fsp3) is 0.417. The van der Waals surface area contributed by atoms with E-state index >= 15 is 0 Å². The predicted octanol–water partition coefficient (Wildman–Crippen LogP) is 5.13. The first-order chi connectivity index (χ1) is 16.2. The van der Waals surface area contributed by atoms with Crippen molar-refractivity contribution < 1.29 is 22.7 Å². The van der Waals surface area contributed by atoms with Gasteiger partial charge in [0.25, 0.3) is 0 Å².